The van der Waals surface area contributed by atoms with E-state index >= 15 is 0 Å². The second-order valence-electron chi connectivity index (χ2n) is 4.19. The predicted molar refractivity (Wildman–Crippen MR) is 60.1 cm³/mol. The number of nitrogens with two attached hydrogens (primary N) is 1. The summed E-state index contributed by atoms with van der Waals surface area (Å²) in [6.07, 6.45) is 5.27. The normalized spacial score (nSPS) is 21.4. The second-order valence-corrected chi connectivity index (χ2v) is 4.19. The first kappa shape index (κ1) is 12.1. The van der Waals surface area contributed by atoms with Crippen molar-refractivity contribution in [3.8, 4) is 0 Å². The van der Waals surface area contributed by atoms with Crippen LogP contribution in [-0.2, 0) is 21.3 Å². The predicted octanol–water partition coefficient (Wildman–Crippen LogP) is 0.142. The molecule has 1 aliphatic heterocycles. The molecule has 0 bridgehead atoms. The van der Waals surface area contributed by atoms with Crippen molar-refractivity contribution in [2.24, 2.45) is 12.8 Å². The molecule has 1 saturated heterocycles. The van der Waals surface area contributed by atoms with Gasteiger partial charge in [-0.2, -0.15) is 5.10 Å². The molecule has 6 nitrogen and oxygen atoms in total. The minimum absolute atomic E-state index is 0.0278. The van der Waals surface area contributed by atoms with E-state index in [0.717, 1.165) is 19.4 Å². The largest absolute Gasteiger partial charge is 0.462 e. The fraction of sp³-hybridized carbons (Fsp3) is 0.636. The molecule has 1 aromatic heterocycles. The Morgan fingerprint density at radius 1 is 1.82 bits per heavy atom. The van der Waals surface area contributed by atoms with Crippen LogP contribution in [0.3, 0.4) is 0 Å². The molecule has 0 radical (unpaired) electrons. The summed E-state index contributed by atoms with van der Waals surface area (Å²) in [5.41, 5.74) is 6.43. The summed E-state index contributed by atoms with van der Waals surface area (Å²) in [6.45, 7) is 1.03. The Morgan fingerprint density at radius 3 is 3.24 bits per heavy atom. The van der Waals surface area contributed by atoms with E-state index in [9.17, 15) is 4.79 Å². The summed E-state index contributed by atoms with van der Waals surface area (Å²) in [6, 6.07) is -0.773. The van der Waals surface area contributed by atoms with E-state index in [1.54, 1.807) is 24.1 Å². The number of esters is 1. The lowest BCUT2D eigenvalue weighted by Gasteiger charge is -2.13. The molecule has 0 aromatic carbocycles. The molecule has 1 aromatic rings. The Kier molecular flexibility index (Phi) is 3.75. The third-order valence-electron chi connectivity index (χ3n) is 2.77. The standard InChI is InChI=1S/C11H17N3O3/c1-14-6-8(5-13-14)10(12)11(15)17-7-9-3-2-4-16-9/h5-6,9-10H,2-4,7,12H2,1H3. The van der Waals surface area contributed by atoms with Gasteiger partial charge in [0.05, 0.1) is 12.3 Å². The van der Waals surface area contributed by atoms with Crippen molar-refractivity contribution >= 4 is 5.97 Å². The number of aromatic nitrogens is 2. The van der Waals surface area contributed by atoms with Crippen LogP contribution in [0.2, 0.25) is 0 Å². The zero-order chi connectivity index (χ0) is 12.3. The van der Waals surface area contributed by atoms with E-state index in [0.29, 0.717) is 5.56 Å². The number of aryl methyl sites for hydroxylation is 1. The molecule has 0 aliphatic carbocycles. The smallest absolute Gasteiger partial charge is 0.327 e. The van der Waals surface area contributed by atoms with E-state index in [1.165, 1.54) is 0 Å². The highest BCUT2D eigenvalue weighted by atomic mass is 16.6. The van der Waals surface area contributed by atoms with Crippen LogP contribution in [-0.4, -0.2) is 35.1 Å². The topological polar surface area (TPSA) is 79.4 Å². The third kappa shape index (κ3) is 3.04. The molecule has 6 heteroatoms. The summed E-state index contributed by atoms with van der Waals surface area (Å²) in [5.74, 6) is -0.437. The van der Waals surface area contributed by atoms with Gasteiger partial charge in [0.25, 0.3) is 0 Å². The molecule has 2 rings (SSSR count). The van der Waals surface area contributed by atoms with Gasteiger partial charge in [-0.25, -0.2) is 4.79 Å². The van der Waals surface area contributed by atoms with Crippen LogP contribution in [0.15, 0.2) is 12.4 Å². The van der Waals surface area contributed by atoms with Crippen molar-refractivity contribution in [1.82, 2.24) is 9.78 Å². The number of nitrogens with zero attached hydrogens (tertiary/aromatic N) is 2. The molecule has 2 N–H and O–H groups in total. The monoisotopic (exact) mass is 239 g/mol. The lowest BCUT2D eigenvalue weighted by molar-refractivity contribution is -0.148. The molecule has 94 valence electrons. The van der Waals surface area contributed by atoms with Crippen LogP contribution in [0.5, 0.6) is 0 Å². The summed E-state index contributed by atoms with van der Waals surface area (Å²) in [7, 11) is 1.77. The fourth-order valence-corrected chi connectivity index (χ4v) is 1.78. The lowest BCUT2D eigenvalue weighted by Crippen LogP contribution is -2.26. The van der Waals surface area contributed by atoms with Crippen LogP contribution in [0.25, 0.3) is 0 Å². The zero-order valence-corrected chi connectivity index (χ0v) is 9.83. The van der Waals surface area contributed by atoms with Crippen LogP contribution >= 0.6 is 0 Å². The van der Waals surface area contributed by atoms with E-state index in [1.807, 2.05) is 0 Å². The molecule has 17 heavy (non-hydrogen) atoms. The van der Waals surface area contributed by atoms with Gasteiger partial charge in [-0.1, -0.05) is 0 Å². The molecule has 2 heterocycles. The number of rotatable bonds is 4. The Balaban J connectivity index is 1.82. The molecule has 0 spiro atoms. The quantitative estimate of drug-likeness (QED) is 0.756. The maximum atomic E-state index is 11.7. The first-order chi connectivity index (χ1) is 8.16. The van der Waals surface area contributed by atoms with Gasteiger partial charge in [0.15, 0.2) is 0 Å². The summed E-state index contributed by atoms with van der Waals surface area (Å²) in [4.78, 5) is 11.7. The van der Waals surface area contributed by atoms with Crippen LogP contribution in [0.1, 0.15) is 24.4 Å². The molecule has 0 saturated carbocycles. The molecular formula is C11H17N3O3. The van der Waals surface area contributed by atoms with Crippen LogP contribution in [0, 0.1) is 0 Å². The average molecular weight is 239 g/mol. The van der Waals surface area contributed by atoms with Gasteiger partial charge in [0.1, 0.15) is 12.6 Å². The summed E-state index contributed by atoms with van der Waals surface area (Å²) >= 11 is 0. The summed E-state index contributed by atoms with van der Waals surface area (Å²) < 4.78 is 12.1. The zero-order valence-electron chi connectivity index (χ0n) is 9.83. The van der Waals surface area contributed by atoms with Crippen LogP contribution in [0.4, 0.5) is 0 Å². The highest BCUT2D eigenvalue weighted by molar-refractivity contribution is 5.77. The van der Waals surface area contributed by atoms with E-state index < -0.39 is 12.0 Å². The van der Waals surface area contributed by atoms with E-state index in [4.69, 9.17) is 15.2 Å². The van der Waals surface area contributed by atoms with Crippen LogP contribution < -0.4 is 5.73 Å². The number of carbonyl (C=O) groups excluding carboxylic acids is 1. The molecule has 2 atom stereocenters. The summed E-state index contributed by atoms with van der Waals surface area (Å²) in [5, 5.41) is 3.96. The maximum absolute atomic E-state index is 11.7. The molecular weight excluding hydrogens is 222 g/mol. The minimum atomic E-state index is -0.773. The van der Waals surface area contributed by atoms with Crippen molar-refractivity contribution in [2.45, 2.75) is 25.0 Å². The third-order valence-corrected chi connectivity index (χ3v) is 2.77. The Labute approximate surface area is 99.7 Å². The van der Waals surface area contributed by atoms with Crippen molar-refractivity contribution in [1.29, 1.82) is 0 Å². The van der Waals surface area contributed by atoms with Gasteiger partial charge in [-0.3, -0.25) is 4.68 Å². The Hall–Kier alpha value is -1.40. The maximum Gasteiger partial charge on any atom is 0.327 e. The van der Waals surface area contributed by atoms with Gasteiger partial charge in [0.2, 0.25) is 0 Å². The molecule has 1 fully saturated rings. The first-order valence-corrected chi connectivity index (χ1v) is 5.69. The van der Waals surface area contributed by atoms with Crippen molar-refractivity contribution < 1.29 is 14.3 Å². The first-order valence-electron chi connectivity index (χ1n) is 5.69. The number of hydrogen-bond donors (Lipinski definition) is 1. The van der Waals surface area contributed by atoms with Gasteiger partial charge in [-0.05, 0) is 12.8 Å². The Bertz CT molecular complexity index is 385. The minimum Gasteiger partial charge on any atom is -0.462 e. The van der Waals surface area contributed by atoms with E-state index in [-0.39, 0.29) is 12.7 Å². The van der Waals surface area contributed by atoms with Crippen molar-refractivity contribution in [2.75, 3.05) is 13.2 Å². The number of hydrogen-bond acceptors (Lipinski definition) is 5. The second kappa shape index (κ2) is 5.29. The van der Waals surface area contributed by atoms with Gasteiger partial charge >= 0.3 is 5.97 Å². The lowest BCUT2D eigenvalue weighted by atomic mass is 10.2. The van der Waals surface area contributed by atoms with Crippen molar-refractivity contribution in [3.05, 3.63) is 18.0 Å². The fourth-order valence-electron chi connectivity index (χ4n) is 1.78. The molecule has 2 unspecified atom stereocenters. The average Bonchev–Trinajstić information content (AvgIpc) is 2.95. The number of carbonyl (C=O) groups is 1. The molecule has 0 amide bonds. The number of ether oxygens (including phenoxy) is 2. The highest BCUT2D eigenvalue weighted by Gasteiger charge is 2.22. The molecule has 1 aliphatic rings. The SMILES string of the molecule is Cn1cc(C(N)C(=O)OCC2CCCO2)cn1. The van der Waals surface area contributed by atoms with Gasteiger partial charge < -0.3 is 15.2 Å². The Morgan fingerprint density at radius 2 is 2.65 bits per heavy atom. The van der Waals surface area contributed by atoms with Gasteiger partial charge in [-0.15, -0.1) is 0 Å². The van der Waals surface area contributed by atoms with E-state index in [2.05, 4.69) is 5.10 Å². The highest BCUT2D eigenvalue weighted by Crippen LogP contribution is 2.14. The van der Waals surface area contributed by atoms with Gasteiger partial charge in [0, 0.05) is 25.4 Å². The van der Waals surface area contributed by atoms with Crippen molar-refractivity contribution in [3.63, 3.8) is 0 Å².